The van der Waals surface area contributed by atoms with E-state index in [1.54, 1.807) is 0 Å². The number of hydrogen-bond donors (Lipinski definition) is 2. The van der Waals surface area contributed by atoms with E-state index in [0.29, 0.717) is 11.6 Å². The molecule has 0 aliphatic carbocycles. The number of carbonyl (C=O) groups is 1. The van der Waals surface area contributed by atoms with Gasteiger partial charge in [-0.05, 0) is 34.1 Å². The van der Waals surface area contributed by atoms with Crippen LogP contribution >= 0.6 is 11.6 Å². The summed E-state index contributed by atoms with van der Waals surface area (Å²) in [6.45, 7) is 11.5. The van der Waals surface area contributed by atoms with Crippen molar-refractivity contribution in [3.63, 3.8) is 0 Å². The van der Waals surface area contributed by atoms with Crippen molar-refractivity contribution in [1.82, 2.24) is 20.4 Å². The SMILES string of the molecule is CCc1nn(CC)c(CNCC(=O)NC(C)(C)C)c1Cl. The van der Waals surface area contributed by atoms with Gasteiger partial charge in [-0.15, -0.1) is 0 Å². The number of aryl methyl sites for hydroxylation is 2. The lowest BCUT2D eigenvalue weighted by atomic mass is 10.1. The number of nitrogens with one attached hydrogen (secondary N) is 2. The maximum atomic E-state index is 11.7. The van der Waals surface area contributed by atoms with Crippen molar-refractivity contribution in [2.45, 2.75) is 59.7 Å². The molecule has 6 heteroatoms. The second-order valence-corrected chi connectivity index (χ2v) is 6.16. The summed E-state index contributed by atoms with van der Waals surface area (Å²) in [5, 5.41) is 11.2. The number of aromatic nitrogens is 2. The number of amides is 1. The number of carbonyl (C=O) groups excluding carboxylic acids is 1. The van der Waals surface area contributed by atoms with Crippen molar-refractivity contribution >= 4 is 17.5 Å². The highest BCUT2D eigenvalue weighted by atomic mass is 35.5. The van der Waals surface area contributed by atoms with E-state index in [9.17, 15) is 4.79 Å². The predicted molar refractivity (Wildman–Crippen MR) is 81.9 cm³/mol. The fourth-order valence-electron chi connectivity index (χ4n) is 1.94. The molecule has 1 aromatic rings. The highest BCUT2D eigenvalue weighted by Crippen LogP contribution is 2.21. The van der Waals surface area contributed by atoms with E-state index < -0.39 is 0 Å². The van der Waals surface area contributed by atoms with E-state index in [0.717, 1.165) is 24.4 Å². The predicted octanol–water partition coefficient (Wildman–Crippen LogP) is 2.12. The van der Waals surface area contributed by atoms with E-state index in [1.165, 1.54) is 0 Å². The second kappa shape index (κ2) is 7.09. The molecule has 0 aliphatic rings. The van der Waals surface area contributed by atoms with Crippen molar-refractivity contribution in [2.75, 3.05) is 6.54 Å². The Morgan fingerprint density at radius 2 is 2.00 bits per heavy atom. The summed E-state index contributed by atoms with van der Waals surface area (Å²) in [6.07, 6.45) is 0.809. The minimum Gasteiger partial charge on any atom is -0.350 e. The van der Waals surface area contributed by atoms with Crippen molar-refractivity contribution < 1.29 is 4.79 Å². The lowest BCUT2D eigenvalue weighted by Gasteiger charge is -2.20. The molecule has 0 aliphatic heterocycles. The molecule has 0 aromatic carbocycles. The highest BCUT2D eigenvalue weighted by Gasteiger charge is 2.16. The molecule has 0 spiro atoms. The Morgan fingerprint density at radius 1 is 1.35 bits per heavy atom. The molecule has 1 aromatic heterocycles. The minimum absolute atomic E-state index is 0.0214. The van der Waals surface area contributed by atoms with Crippen molar-refractivity contribution in [3.05, 3.63) is 16.4 Å². The molecule has 1 rings (SSSR count). The molecule has 20 heavy (non-hydrogen) atoms. The van der Waals surface area contributed by atoms with Crippen LogP contribution in [-0.2, 0) is 24.3 Å². The Labute approximate surface area is 126 Å². The summed E-state index contributed by atoms with van der Waals surface area (Å²) >= 11 is 6.31. The third-order valence-corrected chi connectivity index (χ3v) is 3.22. The summed E-state index contributed by atoms with van der Waals surface area (Å²) in [6, 6.07) is 0. The van der Waals surface area contributed by atoms with Crippen molar-refractivity contribution in [3.8, 4) is 0 Å². The summed E-state index contributed by atoms with van der Waals surface area (Å²) in [7, 11) is 0. The van der Waals surface area contributed by atoms with Crippen LogP contribution in [0.4, 0.5) is 0 Å². The fourth-order valence-corrected chi connectivity index (χ4v) is 2.28. The van der Waals surface area contributed by atoms with E-state index in [-0.39, 0.29) is 18.0 Å². The molecule has 114 valence electrons. The maximum Gasteiger partial charge on any atom is 0.234 e. The number of hydrogen-bond acceptors (Lipinski definition) is 3. The van der Waals surface area contributed by atoms with Crippen LogP contribution in [0.25, 0.3) is 0 Å². The normalized spacial score (nSPS) is 11.7. The van der Waals surface area contributed by atoms with Crippen molar-refractivity contribution in [2.24, 2.45) is 0 Å². The van der Waals surface area contributed by atoms with E-state index in [2.05, 4.69) is 15.7 Å². The lowest BCUT2D eigenvalue weighted by Crippen LogP contribution is -2.44. The average Bonchev–Trinajstić information content (AvgIpc) is 2.64. The molecule has 0 atom stereocenters. The van der Waals surface area contributed by atoms with Gasteiger partial charge in [0.25, 0.3) is 0 Å². The van der Waals surface area contributed by atoms with Gasteiger partial charge in [0.2, 0.25) is 5.91 Å². The summed E-state index contributed by atoms with van der Waals surface area (Å²) in [4.78, 5) is 11.7. The van der Waals surface area contributed by atoms with Gasteiger partial charge in [-0.25, -0.2) is 0 Å². The van der Waals surface area contributed by atoms with Gasteiger partial charge in [0.05, 0.1) is 23.0 Å². The smallest absolute Gasteiger partial charge is 0.234 e. The van der Waals surface area contributed by atoms with Gasteiger partial charge in [-0.3, -0.25) is 9.48 Å². The molecule has 1 amide bonds. The molecular formula is C14H25ClN4O. The summed E-state index contributed by atoms with van der Waals surface area (Å²) < 4.78 is 1.88. The van der Waals surface area contributed by atoms with Gasteiger partial charge in [0.1, 0.15) is 0 Å². The zero-order valence-corrected chi connectivity index (χ0v) is 13.8. The minimum atomic E-state index is -0.211. The Bertz CT molecular complexity index is 462. The molecule has 0 radical (unpaired) electrons. The first-order valence-corrected chi connectivity index (χ1v) is 7.42. The molecule has 5 nitrogen and oxygen atoms in total. The van der Waals surface area contributed by atoms with Crippen LogP contribution in [0.15, 0.2) is 0 Å². The molecule has 0 saturated heterocycles. The van der Waals surface area contributed by atoms with Crippen LogP contribution in [0.2, 0.25) is 5.02 Å². The largest absolute Gasteiger partial charge is 0.350 e. The van der Waals surface area contributed by atoms with Gasteiger partial charge in [0, 0.05) is 18.6 Å². The lowest BCUT2D eigenvalue weighted by molar-refractivity contribution is -0.121. The topological polar surface area (TPSA) is 59.0 Å². The van der Waals surface area contributed by atoms with Gasteiger partial charge in [-0.1, -0.05) is 18.5 Å². The number of halogens is 1. The molecule has 0 fully saturated rings. The van der Waals surface area contributed by atoms with Gasteiger partial charge < -0.3 is 10.6 Å². The molecule has 2 N–H and O–H groups in total. The standard InChI is InChI=1S/C14H25ClN4O/c1-6-10-13(15)11(19(7-2)18-10)8-16-9-12(20)17-14(3,4)5/h16H,6-9H2,1-5H3,(H,17,20). The number of rotatable bonds is 6. The third kappa shape index (κ3) is 4.80. The fraction of sp³-hybridized carbons (Fsp3) is 0.714. The Hall–Kier alpha value is -1.07. The van der Waals surface area contributed by atoms with E-state index in [1.807, 2.05) is 39.3 Å². The first kappa shape index (κ1) is 17.0. The summed E-state index contributed by atoms with van der Waals surface area (Å²) in [5.74, 6) is -0.0214. The average molecular weight is 301 g/mol. The monoisotopic (exact) mass is 300 g/mol. The van der Waals surface area contributed by atoms with Crippen LogP contribution in [0.1, 0.15) is 46.0 Å². The number of nitrogens with zero attached hydrogens (tertiary/aromatic N) is 2. The van der Waals surface area contributed by atoms with E-state index >= 15 is 0 Å². The quantitative estimate of drug-likeness (QED) is 0.846. The second-order valence-electron chi connectivity index (χ2n) is 5.78. The van der Waals surface area contributed by atoms with Gasteiger partial charge >= 0.3 is 0 Å². The molecule has 0 saturated carbocycles. The first-order valence-electron chi connectivity index (χ1n) is 7.04. The van der Waals surface area contributed by atoms with Gasteiger partial charge in [-0.2, -0.15) is 5.10 Å². The zero-order chi connectivity index (χ0) is 15.3. The van der Waals surface area contributed by atoms with Crippen LogP contribution < -0.4 is 10.6 Å². The van der Waals surface area contributed by atoms with Crippen LogP contribution in [0, 0.1) is 0 Å². The first-order chi connectivity index (χ1) is 9.28. The Morgan fingerprint density at radius 3 is 2.50 bits per heavy atom. The Balaban J connectivity index is 2.58. The molecule has 1 heterocycles. The van der Waals surface area contributed by atoms with Crippen molar-refractivity contribution in [1.29, 1.82) is 0 Å². The molecule has 0 unspecified atom stereocenters. The molecule has 0 bridgehead atoms. The molecular weight excluding hydrogens is 276 g/mol. The Kier molecular flexibility index (Phi) is 6.02. The maximum absolute atomic E-state index is 11.7. The van der Waals surface area contributed by atoms with Crippen LogP contribution in [0.5, 0.6) is 0 Å². The third-order valence-electron chi connectivity index (χ3n) is 2.79. The zero-order valence-electron chi connectivity index (χ0n) is 13.0. The van der Waals surface area contributed by atoms with Crippen LogP contribution in [0.3, 0.4) is 0 Å². The van der Waals surface area contributed by atoms with E-state index in [4.69, 9.17) is 11.6 Å². The van der Waals surface area contributed by atoms with Crippen LogP contribution in [-0.4, -0.2) is 27.8 Å². The van der Waals surface area contributed by atoms with Gasteiger partial charge in [0.15, 0.2) is 0 Å². The summed E-state index contributed by atoms with van der Waals surface area (Å²) in [5.41, 5.74) is 1.63. The highest BCUT2D eigenvalue weighted by molar-refractivity contribution is 6.31.